The zero-order chi connectivity index (χ0) is 28.7. The molecule has 214 valence electrons. The first-order valence-corrected chi connectivity index (χ1v) is 14.7. The molecule has 41 heavy (non-hydrogen) atoms. The second kappa shape index (κ2) is 16.3. The Bertz CT molecular complexity index is 1310. The number of hydrogen-bond acceptors (Lipinski definition) is 4. The number of rotatable bonds is 17. The predicted molar refractivity (Wildman–Crippen MR) is 164 cm³/mol. The van der Waals surface area contributed by atoms with E-state index in [9.17, 15) is 9.59 Å². The van der Waals surface area contributed by atoms with Gasteiger partial charge in [-0.1, -0.05) is 90.5 Å². The largest absolute Gasteiger partial charge is 0.489 e. The first kappa shape index (κ1) is 30.0. The Morgan fingerprint density at radius 3 is 2.34 bits per heavy atom. The van der Waals surface area contributed by atoms with E-state index in [-0.39, 0.29) is 6.42 Å². The molecule has 0 saturated carbocycles. The summed E-state index contributed by atoms with van der Waals surface area (Å²) in [5, 5.41) is 9.01. The number of ether oxygens (including phenoxy) is 1. The molecule has 1 aliphatic carbocycles. The van der Waals surface area contributed by atoms with E-state index in [1.54, 1.807) is 0 Å². The van der Waals surface area contributed by atoms with Gasteiger partial charge in [0, 0.05) is 25.1 Å². The van der Waals surface area contributed by atoms with Crippen LogP contribution in [-0.2, 0) is 30.8 Å². The van der Waals surface area contributed by atoms with Crippen molar-refractivity contribution >= 4 is 12.3 Å². The summed E-state index contributed by atoms with van der Waals surface area (Å²) < 4.78 is 6.29. The second-order valence-electron chi connectivity index (χ2n) is 10.7. The van der Waals surface area contributed by atoms with Gasteiger partial charge in [-0.2, -0.15) is 0 Å². The third kappa shape index (κ3) is 10.5. The number of carboxylic acid groups (broad SMARTS) is 1. The molecule has 1 aliphatic rings. The standard InChI is InChI=1S/C36H41NO4/c38-27-32-19-17-31(18-20-32)26-37(24-7-6-12-36(39)40)25-23-34-10-4-5-11-35(34)41-28-33-21-15-30(16-22-33)14-13-29-8-2-1-3-9-29/h1-2,4-5,8,10-11,15-22,27H,3,6-7,9,12-14,23-26,28H2,(H,39,40). The highest BCUT2D eigenvalue weighted by Crippen LogP contribution is 2.22. The fourth-order valence-corrected chi connectivity index (χ4v) is 5.10. The number of aliphatic carboxylic acids is 1. The lowest BCUT2D eigenvalue weighted by atomic mass is 9.97. The summed E-state index contributed by atoms with van der Waals surface area (Å²) in [4.78, 5) is 24.3. The fraction of sp³-hybridized carbons (Fsp3) is 0.333. The lowest BCUT2D eigenvalue weighted by Crippen LogP contribution is -2.27. The van der Waals surface area contributed by atoms with Crippen LogP contribution in [0.3, 0.4) is 0 Å². The molecule has 3 aromatic rings. The summed E-state index contributed by atoms with van der Waals surface area (Å²) in [5.41, 5.74) is 7.00. The molecular formula is C36H41NO4. The van der Waals surface area contributed by atoms with Crippen molar-refractivity contribution in [1.29, 1.82) is 0 Å². The molecule has 3 aromatic carbocycles. The van der Waals surface area contributed by atoms with Gasteiger partial charge in [0.25, 0.3) is 0 Å². The minimum Gasteiger partial charge on any atom is -0.489 e. The normalized spacial score (nSPS) is 12.8. The summed E-state index contributed by atoms with van der Waals surface area (Å²) in [5.74, 6) is 0.145. The number of para-hydroxylation sites is 1. The average molecular weight is 552 g/mol. The first-order valence-electron chi connectivity index (χ1n) is 14.7. The van der Waals surface area contributed by atoms with Crippen LogP contribution < -0.4 is 4.74 Å². The molecular weight excluding hydrogens is 510 g/mol. The summed E-state index contributed by atoms with van der Waals surface area (Å²) in [6.45, 7) is 2.90. The van der Waals surface area contributed by atoms with Crippen molar-refractivity contribution in [3.05, 3.63) is 124 Å². The molecule has 5 heteroatoms. The lowest BCUT2D eigenvalue weighted by molar-refractivity contribution is -0.137. The second-order valence-corrected chi connectivity index (χ2v) is 10.7. The van der Waals surface area contributed by atoms with Crippen LogP contribution in [0.5, 0.6) is 5.75 Å². The first-order chi connectivity index (χ1) is 20.1. The van der Waals surface area contributed by atoms with Crippen LogP contribution in [0.2, 0.25) is 0 Å². The Morgan fingerprint density at radius 1 is 0.854 bits per heavy atom. The van der Waals surface area contributed by atoms with E-state index in [0.717, 1.165) is 80.5 Å². The Balaban J connectivity index is 1.31. The number of nitrogens with zero attached hydrogens (tertiary/aromatic N) is 1. The molecule has 5 nitrogen and oxygen atoms in total. The number of carbonyl (C=O) groups excluding carboxylic acids is 1. The van der Waals surface area contributed by atoms with Gasteiger partial charge in [-0.05, 0) is 79.8 Å². The number of aryl methyl sites for hydroxylation is 1. The monoisotopic (exact) mass is 551 g/mol. The van der Waals surface area contributed by atoms with Crippen LogP contribution in [0.25, 0.3) is 0 Å². The van der Waals surface area contributed by atoms with Crippen molar-refractivity contribution in [2.75, 3.05) is 13.1 Å². The van der Waals surface area contributed by atoms with Gasteiger partial charge in [0.1, 0.15) is 18.6 Å². The number of carboxylic acids is 1. The van der Waals surface area contributed by atoms with E-state index in [1.807, 2.05) is 42.5 Å². The molecule has 0 radical (unpaired) electrons. The van der Waals surface area contributed by atoms with Crippen molar-refractivity contribution in [2.24, 2.45) is 0 Å². The van der Waals surface area contributed by atoms with Crippen LogP contribution in [0, 0.1) is 0 Å². The van der Waals surface area contributed by atoms with Crippen LogP contribution in [-0.4, -0.2) is 35.4 Å². The van der Waals surface area contributed by atoms with E-state index in [4.69, 9.17) is 9.84 Å². The molecule has 0 atom stereocenters. The summed E-state index contributed by atoms with van der Waals surface area (Å²) in [7, 11) is 0. The quantitative estimate of drug-likeness (QED) is 0.138. The summed E-state index contributed by atoms with van der Waals surface area (Å²) >= 11 is 0. The van der Waals surface area contributed by atoms with Gasteiger partial charge in [0.15, 0.2) is 0 Å². The maximum atomic E-state index is 11.0. The molecule has 0 amide bonds. The SMILES string of the molecule is O=Cc1ccc(CN(CCCCC(=O)O)CCc2ccccc2OCc2ccc(CCC3=CC=CCC3)cc2)cc1. The van der Waals surface area contributed by atoms with Crippen molar-refractivity contribution in [3.63, 3.8) is 0 Å². The zero-order valence-electron chi connectivity index (χ0n) is 23.8. The smallest absolute Gasteiger partial charge is 0.303 e. The number of allylic oxidation sites excluding steroid dienone is 4. The van der Waals surface area contributed by atoms with Crippen LogP contribution in [0.4, 0.5) is 0 Å². The fourth-order valence-electron chi connectivity index (χ4n) is 5.10. The van der Waals surface area contributed by atoms with E-state index in [1.165, 1.54) is 17.6 Å². The summed E-state index contributed by atoms with van der Waals surface area (Å²) in [6.07, 6.45) is 14.5. The Kier molecular flexibility index (Phi) is 12.0. The Labute approximate surface area is 244 Å². The van der Waals surface area contributed by atoms with Crippen molar-refractivity contribution in [1.82, 2.24) is 4.90 Å². The number of unbranched alkanes of at least 4 members (excludes halogenated alkanes) is 1. The molecule has 0 bridgehead atoms. The van der Waals surface area contributed by atoms with Gasteiger partial charge in [-0.15, -0.1) is 0 Å². The molecule has 0 aliphatic heterocycles. The number of hydrogen-bond donors (Lipinski definition) is 1. The lowest BCUT2D eigenvalue weighted by Gasteiger charge is -2.23. The molecule has 4 rings (SSSR count). The van der Waals surface area contributed by atoms with E-state index >= 15 is 0 Å². The van der Waals surface area contributed by atoms with Gasteiger partial charge in [-0.25, -0.2) is 0 Å². The van der Waals surface area contributed by atoms with Crippen molar-refractivity contribution in [2.45, 2.75) is 64.5 Å². The third-order valence-electron chi connectivity index (χ3n) is 7.56. The van der Waals surface area contributed by atoms with Gasteiger partial charge in [-0.3, -0.25) is 14.5 Å². The predicted octanol–water partition coefficient (Wildman–Crippen LogP) is 7.59. The molecule has 0 fully saturated rings. The zero-order valence-corrected chi connectivity index (χ0v) is 23.8. The molecule has 0 saturated heterocycles. The minimum absolute atomic E-state index is 0.190. The average Bonchev–Trinajstić information content (AvgIpc) is 3.01. The maximum absolute atomic E-state index is 11.0. The minimum atomic E-state index is -0.753. The van der Waals surface area contributed by atoms with E-state index in [0.29, 0.717) is 18.6 Å². The van der Waals surface area contributed by atoms with Crippen molar-refractivity contribution in [3.8, 4) is 5.75 Å². The van der Waals surface area contributed by atoms with Crippen LogP contribution >= 0.6 is 0 Å². The number of benzene rings is 3. The van der Waals surface area contributed by atoms with Gasteiger partial charge in [0.2, 0.25) is 0 Å². The number of carbonyl (C=O) groups is 2. The Hall–Kier alpha value is -3.96. The molecule has 0 aromatic heterocycles. The third-order valence-corrected chi connectivity index (χ3v) is 7.56. The summed E-state index contributed by atoms with van der Waals surface area (Å²) in [6, 6.07) is 24.6. The highest BCUT2D eigenvalue weighted by molar-refractivity contribution is 5.74. The molecule has 0 unspecified atom stereocenters. The van der Waals surface area contributed by atoms with Gasteiger partial charge >= 0.3 is 5.97 Å². The molecule has 0 spiro atoms. The van der Waals surface area contributed by atoms with Crippen LogP contribution in [0.1, 0.15) is 71.1 Å². The topological polar surface area (TPSA) is 66.8 Å². The highest BCUT2D eigenvalue weighted by atomic mass is 16.5. The van der Waals surface area contributed by atoms with E-state index in [2.05, 4.69) is 53.5 Å². The highest BCUT2D eigenvalue weighted by Gasteiger charge is 2.11. The van der Waals surface area contributed by atoms with E-state index < -0.39 is 5.97 Å². The molecule has 0 heterocycles. The number of aldehydes is 1. The van der Waals surface area contributed by atoms with Gasteiger partial charge < -0.3 is 9.84 Å². The van der Waals surface area contributed by atoms with Crippen molar-refractivity contribution < 1.29 is 19.4 Å². The van der Waals surface area contributed by atoms with Crippen LogP contribution in [0.15, 0.2) is 96.6 Å². The van der Waals surface area contributed by atoms with Gasteiger partial charge in [0.05, 0.1) is 0 Å². The molecule has 1 N–H and O–H groups in total. The maximum Gasteiger partial charge on any atom is 0.303 e. The Morgan fingerprint density at radius 2 is 1.61 bits per heavy atom.